The highest BCUT2D eigenvalue weighted by Crippen LogP contribution is 2.37. The molecule has 1 saturated carbocycles. The maximum absolute atomic E-state index is 10.4. The van der Waals surface area contributed by atoms with Crippen molar-refractivity contribution in [3.8, 4) is 5.75 Å². The van der Waals surface area contributed by atoms with Gasteiger partial charge in [-0.05, 0) is 30.4 Å². The van der Waals surface area contributed by atoms with Gasteiger partial charge in [-0.2, -0.15) is 0 Å². The summed E-state index contributed by atoms with van der Waals surface area (Å²) in [5, 5.41) is 10.4. The number of hydrogen-bond donors (Lipinski definition) is 0. The van der Waals surface area contributed by atoms with Gasteiger partial charge in [0.15, 0.2) is 0 Å². The van der Waals surface area contributed by atoms with Crippen LogP contribution < -0.4 is 4.74 Å². The summed E-state index contributed by atoms with van der Waals surface area (Å²) in [6.07, 6.45) is 1.23. The van der Waals surface area contributed by atoms with Crippen LogP contribution in [-0.4, -0.2) is 11.5 Å². The van der Waals surface area contributed by atoms with E-state index in [2.05, 4.69) is 6.92 Å². The first kappa shape index (κ1) is 9.96. The number of benzene rings is 1. The van der Waals surface area contributed by atoms with Crippen molar-refractivity contribution in [2.24, 2.45) is 11.8 Å². The first-order valence-electron chi connectivity index (χ1n) is 5.04. The molecule has 1 aromatic carbocycles. The SMILES string of the molecule is CC1CC1COc1ccc([N+](=O)[O-])cc1. The highest BCUT2D eigenvalue weighted by molar-refractivity contribution is 5.35. The zero-order valence-electron chi connectivity index (χ0n) is 8.55. The van der Waals surface area contributed by atoms with Gasteiger partial charge in [0.1, 0.15) is 5.75 Å². The van der Waals surface area contributed by atoms with E-state index in [-0.39, 0.29) is 5.69 Å². The summed E-state index contributed by atoms with van der Waals surface area (Å²) in [7, 11) is 0. The van der Waals surface area contributed by atoms with Crippen LogP contribution in [0.5, 0.6) is 5.75 Å². The van der Waals surface area contributed by atoms with Gasteiger partial charge in [0, 0.05) is 12.1 Å². The molecule has 80 valence electrons. The second-order valence-corrected chi connectivity index (χ2v) is 4.04. The molecule has 0 heterocycles. The van der Waals surface area contributed by atoms with E-state index in [0.29, 0.717) is 11.7 Å². The molecule has 0 amide bonds. The van der Waals surface area contributed by atoms with E-state index in [1.807, 2.05) is 0 Å². The van der Waals surface area contributed by atoms with Crippen LogP contribution in [0.3, 0.4) is 0 Å². The summed E-state index contributed by atoms with van der Waals surface area (Å²) in [5.74, 6) is 2.14. The fourth-order valence-electron chi connectivity index (χ4n) is 1.50. The van der Waals surface area contributed by atoms with Gasteiger partial charge in [0.2, 0.25) is 0 Å². The maximum atomic E-state index is 10.4. The molecule has 0 N–H and O–H groups in total. The van der Waals surface area contributed by atoms with Crippen molar-refractivity contribution >= 4 is 5.69 Å². The topological polar surface area (TPSA) is 52.4 Å². The molecule has 1 aromatic rings. The van der Waals surface area contributed by atoms with Gasteiger partial charge < -0.3 is 4.74 Å². The molecule has 0 radical (unpaired) electrons. The van der Waals surface area contributed by atoms with Crippen molar-refractivity contribution in [1.29, 1.82) is 0 Å². The first-order chi connectivity index (χ1) is 7.16. The molecule has 0 aliphatic heterocycles. The number of hydrogen-bond acceptors (Lipinski definition) is 3. The Kier molecular flexibility index (Phi) is 2.58. The Hall–Kier alpha value is -1.58. The third-order valence-electron chi connectivity index (χ3n) is 2.79. The van der Waals surface area contributed by atoms with E-state index in [1.54, 1.807) is 12.1 Å². The van der Waals surface area contributed by atoms with E-state index in [0.717, 1.165) is 12.5 Å². The zero-order chi connectivity index (χ0) is 10.8. The molecule has 15 heavy (non-hydrogen) atoms. The van der Waals surface area contributed by atoms with Crippen molar-refractivity contribution in [3.05, 3.63) is 34.4 Å². The highest BCUT2D eigenvalue weighted by Gasteiger charge is 2.32. The van der Waals surface area contributed by atoms with Gasteiger partial charge in [-0.1, -0.05) is 6.92 Å². The molecule has 0 aromatic heterocycles. The molecule has 0 saturated heterocycles. The lowest BCUT2D eigenvalue weighted by molar-refractivity contribution is -0.384. The summed E-state index contributed by atoms with van der Waals surface area (Å²) < 4.78 is 5.51. The van der Waals surface area contributed by atoms with Gasteiger partial charge in [-0.15, -0.1) is 0 Å². The van der Waals surface area contributed by atoms with Crippen LogP contribution in [0.4, 0.5) is 5.69 Å². The molecule has 4 nitrogen and oxygen atoms in total. The predicted octanol–water partition coefficient (Wildman–Crippen LogP) is 2.63. The van der Waals surface area contributed by atoms with Crippen LogP contribution in [0, 0.1) is 22.0 Å². The van der Waals surface area contributed by atoms with Crippen LogP contribution in [0.15, 0.2) is 24.3 Å². The van der Waals surface area contributed by atoms with E-state index in [1.165, 1.54) is 18.6 Å². The van der Waals surface area contributed by atoms with Crippen molar-refractivity contribution in [2.45, 2.75) is 13.3 Å². The zero-order valence-corrected chi connectivity index (χ0v) is 8.55. The fourth-order valence-corrected chi connectivity index (χ4v) is 1.50. The molecular weight excluding hydrogens is 194 g/mol. The lowest BCUT2D eigenvalue weighted by Gasteiger charge is -2.04. The van der Waals surface area contributed by atoms with E-state index in [4.69, 9.17) is 4.74 Å². The molecule has 0 bridgehead atoms. The maximum Gasteiger partial charge on any atom is 0.269 e. The third kappa shape index (κ3) is 2.46. The Morgan fingerprint density at radius 3 is 2.53 bits per heavy atom. The monoisotopic (exact) mass is 207 g/mol. The van der Waals surface area contributed by atoms with Crippen molar-refractivity contribution in [2.75, 3.05) is 6.61 Å². The number of ether oxygens (including phenoxy) is 1. The second-order valence-electron chi connectivity index (χ2n) is 4.04. The number of rotatable bonds is 4. The molecular formula is C11H13NO3. The second kappa shape index (κ2) is 3.88. The van der Waals surface area contributed by atoms with Crippen LogP contribution in [0.1, 0.15) is 13.3 Å². The number of non-ortho nitro benzene ring substituents is 1. The molecule has 1 aliphatic rings. The van der Waals surface area contributed by atoms with Crippen molar-refractivity contribution < 1.29 is 9.66 Å². The summed E-state index contributed by atoms with van der Waals surface area (Å²) in [6.45, 7) is 2.92. The lowest BCUT2D eigenvalue weighted by atomic mass is 10.3. The summed E-state index contributed by atoms with van der Waals surface area (Å²) in [5.41, 5.74) is 0.0992. The van der Waals surface area contributed by atoms with Gasteiger partial charge in [0.05, 0.1) is 11.5 Å². The average molecular weight is 207 g/mol. The van der Waals surface area contributed by atoms with Crippen molar-refractivity contribution in [1.82, 2.24) is 0 Å². The molecule has 0 spiro atoms. The Morgan fingerprint density at radius 2 is 2.07 bits per heavy atom. The summed E-state index contributed by atoms with van der Waals surface area (Å²) in [4.78, 5) is 9.99. The minimum atomic E-state index is -0.410. The first-order valence-corrected chi connectivity index (χ1v) is 5.04. The molecule has 4 heteroatoms. The van der Waals surface area contributed by atoms with Gasteiger partial charge >= 0.3 is 0 Å². The number of nitrogens with zero attached hydrogens (tertiary/aromatic N) is 1. The largest absolute Gasteiger partial charge is 0.493 e. The number of nitro benzene ring substituents is 1. The quantitative estimate of drug-likeness (QED) is 0.563. The molecule has 2 rings (SSSR count). The minimum Gasteiger partial charge on any atom is -0.493 e. The molecule has 2 unspecified atom stereocenters. The normalized spacial score (nSPS) is 23.5. The smallest absolute Gasteiger partial charge is 0.269 e. The van der Waals surface area contributed by atoms with Gasteiger partial charge in [-0.25, -0.2) is 0 Å². The lowest BCUT2D eigenvalue weighted by Crippen LogP contribution is -2.00. The Labute approximate surface area is 88.0 Å². The van der Waals surface area contributed by atoms with Crippen LogP contribution in [0.25, 0.3) is 0 Å². The van der Waals surface area contributed by atoms with Gasteiger partial charge in [0.25, 0.3) is 5.69 Å². The van der Waals surface area contributed by atoms with Gasteiger partial charge in [-0.3, -0.25) is 10.1 Å². The Balaban J connectivity index is 1.89. The Bertz CT molecular complexity index is 361. The standard InChI is InChI=1S/C11H13NO3/c1-8-6-9(8)7-15-11-4-2-10(3-5-11)12(13)14/h2-5,8-9H,6-7H2,1H3. The molecule has 1 aliphatic carbocycles. The van der Waals surface area contributed by atoms with E-state index >= 15 is 0 Å². The van der Waals surface area contributed by atoms with Crippen LogP contribution >= 0.6 is 0 Å². The molecule has 2 atom stereocenters. The Morgan fingerprint density at radius 1 is 1.47 bits per heavy atom. The summed E-state index contributed by atoms with van der Waals surface area (Å²) >= 11 is 0. The third-order valence-corrected chi connectivity index (χ3v) is 2.79. The van der Waals surface area contributed by atoms with Crippen molar-refractivity contribution in [3.63, 3.8) is 0 Å². The highest BCUT2D eigenvalue weighted by atomic mass is 16.6. The fraction of sp³-hybridized carbons (Fsp3) is 0.455. The van der Waals surface area contributed by atoms with E-state index < -0.39 is 4.92 Å². The number of nitro groups is 1. The van der Waals surface area contributed by atoms with Crippen LogP contribution in [-0.2, 0) is 0 Å². The molecule has 1 fully saturated rings. The average Bonchev–Trinajstić information content (AvgIpc) is 2.92. The summed E-state index contributed by atoms with van der Waals surface area (Å²) in [6, 6.07) is 6.22. The minimum absolute atomic E-state index is 0.0992. The predicted molar refractivity (Wildman–Crippen MR) is 55.9 cm³/mol. The van der Waals surface area contributed by atoms with E-state index in [9.17, 15) is 10.1 Å². The van der Waals surface area contributed by atoms with Crippen LogP contribution in [0.2, 0.25) is 0 Å².